The highest BCUT2D eigenvalue weighted by molar-refractivity contribution is 7.82. The summed E-state index contributed by atoms with van der Waals surface area (Å²) < 4.78 is 23.9. The fraction of sp³-hybridized carbons (Fsp3) is 0.750. The van der Waals surface area contributed by atoms with Crippen LogP contribution < -0.4 is 0 Å². The van der Waals surface area contributed by atoms with Gasteiger partial charge in [-0.05, 0) is 6.42 Å². The highest BCUT2D eigenvalue weighted by Gasteiger charge is 2.20. The average molecular weight is 275 g/mol. The zero-order valence-electron chi connectivity index (χ0n) is 11.0. The first kappa shape index (κ1) is 15.3. The van der Waals surface area contributed by atoms with Crippen LogP contribution in [0.5, 0.6) is 0 Å². The lowest BCUT2D eigenvalue weighted by Gasteiger charge is -2.25. The van der Waals surface area contributed by atoms with Crippen molar-refractivity contribution in [1.82, 2.24) is 4.31 Å². The van der Waals surface area contributed by atoms with Gasteiger partial charge in [0.2, 0.25) is 0 Å². The smallest absolute Gasteiger partial charge is 0.334 e. The maximum Gasteiger partial charge on any atom is 0.334 e. The predicted octanol–water partition coefficient (Wildman–Crippen LogP) is 0.882. The van der Waals surface area contributed by atoms with E-state index in [4.69, 9.17) is 9.47 Å². The number of nitrogens with zero attached hydrogens (tertiary/aromatic N) is 1. The number of ether oxygens (including phenoxy) is 2. The highest BCUT2D eigenvalue weighted by Crippen LogP contribution is 2.09. The lowest BCUT2D eigenvalue weighted by atomic mass is 10.2. The van der Waals surface area contributed by atoms with E-state index in [-0.39, 0.29) is 11.7 Å². The fourth-order valence-corrected chi connectivity index (χ4v) is 2.87. The standard InChI is InChI=1S/C12H21NO4S/c1-3-4-5-11(12(14)16-2)10-18(15)13-6-8-17-9-7-13/h5H,3-4,6-10H2,1-2H3/b11-5+. The van der Waals surface area contributed by atoms with E-state index >= 15 is 0 Å². The Hall–Kier alpha value is -0.720. The minimum atomic E-state index is -1.18. The van der Waals surface area contributed by atoms with Gasteiger partial charge in [-0.25, -0.2) is 13.3 Å². The summed E-state index contributed by atoms with van der Waals surface area (Å²) in [5.74, 6) is -0.155. The maximum atomic E-state index is 12.1. The first-order valence-electron chi connectivity index (χ1n) is 6.17. The number of carbonyl (C=O) groups is 1. The molecule has 0 N–H and O–H groups in total. The molecule has 104 valence electrons. The maximum absolute atomic E-state index is 12.1. The van der Waals surface area contributed by atoms with Gasteiger partial charge in [0, 0.05) is 18.7 Å². The minimum Gasteiger partial charge on any atom is -0.466 e. The summed E-state index contributed by atoms with van der Waals surface area (Å²) in [6.07, 6.45) is 3.57. The number of allylic oxidation sites excluding steroid dienone is 1. The van der Waals surface area contributed by atoms with Crippen LogP contribution in [0.15, 0.2) is 11.6 Å². The molecule has 5 nitrogen and oxygen atoms in total. The van der Waals surface area contributed by atoms with Gasteiger partial charge in [-0.3, -0.25) is 0 Å². The van der Waals surface area contributed by atoms with Gasteiger partial charge in [0.15, 0.2) is 0 Å². The summed E-state index contributed by atoms with van der Waals surface area (Å²) in [5.41, 5.74) is 0.504. The van der Waals surface area contributed by atoms with E-state index in [2.05, 4.69) is 0 Å². The molecule has 1 aliphatic rings. The second kappa shape index (κ2) is 8.39. The van der Waals surface area contributed by atoms with Gasteiger partial charge in [-0.15, -0.1) is 0 Å². The van der Waals surface area contributed by atoms with Gasteiger partial charge in [-0.1, -0.05) is 19.4 Å². The zero-order valence-corrected chi connectivity index (χ0v) is 11.8. The quantitative estimate of drug-likeness (QED) is 0.533. The van der Waals surface area contributed by atoms with E-state index in [1.165, 1.54) is 7.11 Å². The molecule has 1 aliphatic heterocycles. The molecule has 0 spiro atoms. The Kier molecular flexibility index (Phi) is 7.15. The monoisotopic (exact) mass is 275 g/mol. The first-order chi connectivity index (χ1) is 8.69. The first-order valence-corrected chi connectivity index (χ1v) is 7.45. The molecule has 1 fully saturated rings. The molecule has 1 heterocycles. The molecule has 1 saturated heterocycles. The number of rotatable bonds is 6. The third-order valence-electron chi connectivity index (χ3n) is 2.66. The predicted molar refractivity (Wildman–Crippen MR) is 70.4 cm³/mol. The molecule has 6 heteroatoms. The van der Waals surface area contributed by atoms with Crippen LogP contribution in [0, 0.1) is 0 Å². The number of esters is 1. The van der Waals surface area contributed by atoms with Crippen molar-refractivity contribution in [2.45, 2.75) is 19.8 Å². The van der Waals surface area contributed by atoms with Gasteiger partial charge in [0.05, 0.1) is 37.1 Å². The van der Waals surface area contributed by atoms with Gasteiger partial charge < -0.3 is 9.47 Å². The average Bonchev–Trinajstić information content (AvgIpc) is 2.43. The molecule has 1 rings (SSSR count). The number of hydrogen-bond acceptors (Lipinski definition) is 4. The van der Waals surface area contributed by atoms with E-state index in [9.17, 15) is 9.00 Å². The number of carbonyl (C=O) groups excluding carboxylic acids is 1. The summed E-state index contributed by atoms with van der Waals surface area (Å²) in [7, 11) is 0.169. The van der Waals surface area contributed by atoms with Crippen LogP contribution in [-0.4, -0.2) is 53.6 Å². The number of methoxy groups -OCH3 is 1. The van der Waals surface area contributed by atoms with Crippen molar-refractivity contribution in [3.63, 3.8) is 0 Å². The second-order valence-corrected chi connectivity index (χ2v) is 5.46. The Labute approximate surface area is 111 Å². The molecule has 0 aromatic heterocycles. The molecule has 1 atom stereocenters. The Morgan fingerprint density at radius 1 is 1.44 bits per heavy atom. The summed E-state index contributed by atoms with van der Waals surface area (Å²) >= 11 is 0. The number of unbranched alkanes of at least 4 members (excludes halogenated alkanes) is 1. The summed E-state index contributed by atoms with van der Waals surface area (Å²) in [5, 5.41) is 0. The van der Waals surface area contributed by atoms with E-state index in [1.807, 2.05) is 17.3 Å². The molecule has 1 unspecified atom stereocenters. The van der Waals surface area contributed by atoms with Crippen LogP contribution in [0.4, 0.5) is 0 Å². The van der Waals surface area contributed by atoms with Crippen molar-refractivity contribution >= 4 is 17.0 Å². The molecule has 0 aromatic rings. The fourth-order valence-electron chi connectivity index (χ4n) is 1.63. The Balaban J connectivity index is 2.58. The third kappa shape index (κ3) is 4.88. The van der Waals surface area contributed by atoms with Crippen molar-refractivity contribution in [2.75, 3.05) is 39.2 Å². The van der Waals surface area contributed by atoms with Crippen LogP contribution in [0.1, 0.15) is 19.8 Å². The van der Waals surface area contributed by atoms with Crippen molar-refractivity contribution in [3.05, 3.63) is 11.6 Å². The Morgan fingerprint density at radius 2 is 2.11 bits per heavy atom. The van der Waals surface area contributed by atoms with Gasteiger partial charge in [-0.2, -0.15) is 0 Å². The third-order valence-corrected chi connectivity index (χ3v) is 4.16. The zero-order chi connectivity index (χ0) is 13.4. The molecule has 0 amide bonds. The summed E-state index contributed by atoms with van der Waals surface area (Å²) in [4.78, 5) is 11.6. The van der Waals surface area contributed by atoms with Crippen LogP contribution in [0.2, 0.25) is 0 Å². The largest absolute Gasteiger partial charge is 0.466 e. The Morgan fingerprint density at radius 3 is 2.67 bits per heavy atom. The minimum absolute atomic E-state index is 0.229. The molecule has 0 bridgehead atoms. The van der Waals surface area contributed by atoms with Crippen LogP contribution in [0.25, 0.3) is 0 Å². The second-order valence-electron chi connectivity index (χ2n) is 4.02. The molecule has 18 heavy (non-hydrogen) atoms. The van der Waals surface area contributed by atoms with E-state index in [0.29, 0.717) is 31.9 Å². The normalized spacial score (nSPS) is 19.6. The lowest BCUT2D eigenvalue weighted by Crippen LogP contribution is -2.39. The van der Waals surface area contributed by atoms with Crippen molar-refractivity contribution in [2.24, 2.45) is 0 Å². The molecule has 0 radical (unpaired) electrons. The van der Waals surface area contributed by atoms with Crippen molar-refractivity contribution < 1.29 is 18.5 Å². The SMILES string of the molecule is CCC/C=C(\CS(=O)N1CCOCC1)C(=O)OC. The van der Waals surface area contributed by atoms with Gasteiger partial charge in [0.1, 0.15) is 0 Å². The lowest BCUT2D eigenvalue weighted by molar-refractivity contribution is -0.136. The van der Waals surface area contributed by atoms with Gasteiger partial charge >= 0.3 is 5.97 Å². The van der Waals surface area contributed by atoms with Crippen LogP contribution >= 0.6 is 0 Å². The highest BCUT2D eigenvalue weighted by atomic mass is 32.2. The molecule has 0 aromatic carbocycles. The summed E-state index contributed by atoms with van der Waals surface area (Å²) in [6.45, 7) is 4.52. The molecular weight excluding hydrogens is 254 g/mol. The van der Waals surface area contributed by atoms with E-state index < -0.39 is 11.0 Å². The van der Waals surface area contributed by atoms with E-state index in [0.717, 1.165) is 12.8 Å². The molecule has 0 aliphatic carbocycles. The van der Waals surface area contributed by atoms with Gasteiger partial charge in [0.25, 0.3) is 0 Å². The Bertz CT molecular complexity index is 324. The van der Waals surface area contributed by atoms with Crippen LogP contribution in [-0.2, 0) is 25.3 Å². The molecular formula is C12H21NO4S. The number of hydrogen-bond donors (Lipinski definition) is 0. The topological polar surface area (TPSA) is 55.8 Å². The number of morpholine rings is 1. The van der Waals surface area contributed by atoms with Crippen LogP contribution in [0.3, 0.4) is 0 Å². The van der Waals surface area contributed by atoms with Crippen molar-refractivity contribution in [3.8, 4) is 0 Å². The summed E-state index contributed by atoms with van der Waals surface area (Å²) in [6, 6.07) is 0. The van der Waals surface area contributed by atoms with Crippen molar-refractivity contribution in [1.29, 1.82) is 0 Å². The van der Waals surface area contributed by atoms with E-state index in [1.54, 1.807) is 0 Å². The molecule has 0 saturated carbocycles.